The first kappa shape index (κ1) is 13.2. The number of nitrogens with one attached hydrogen (secondary N) is 1. The van der Waals surface area contributed by atoms with E-state index in [4.69, 9.17) is 0 Å². The normalized spacial score (nSPS) is 17.0. The van der Waals surface area contributed by atoms with Gasteiger partial charge in [-0.15, -0.1) is 0 Å². The first-order valence-corrected chi connectivity index (χ1v) is 7.74. The van der Waals surface area contributed by atoms with Crippen LogP contribution in [-0.2, 0) is 6.42 Å². The number of benzene rings is 2. The van der Waals surface area contributed by atoms with E-state index in [1.54, 1.807) is 0 Å². The highest BCUT2D eigenvalue weighted by Crippen LogP contribution is 2.29. The maximum Gasteiger partial charge on any atom is 0.0701 e. The second-order valence-electron chi connectivity index (χ2n) is 5.67. The highest BCUT2D eigenvalue weighted by molar-refractivity contribution is 5.59. The van der Waals surface area contributed by atoms with Crippen molar-refractivity contribution in [2.24, 2.45) is 0 Å². The molecule has 1 atom stereocenters. The molecule has 2 aromatic carbocycles. The van der Waals surface area contributed by atoms with Crippen molar-refractivity contribution >= 4 is 0 Å². The van der Waals surface area contributed by atoms with E-state index >= 15 is 0 Å². The Kier molecular flexibility index (Phi) is 3.45. The van der Waals surface area contributed by atoms with Crippen molar-refractivity contribution in [3.05, 3.63) is 89.6 Å². The molecule has 0 aliphatic carbocycles. The fraction of sp³-hybridized carbons (Fsp3) is 0.150. The van der Waals surface area contributed by atoms with Crippen LogP contribution >= 0.6 is 0 Å². The SMILES string of the molecule is c1ccc(-c2ccc(C3NCCc4ccccc43)cc2)nc1. The standard InChI is InChI=1S/C20H18N2/c1-2-6-18-15(5-1)12-14-22-20(18)17-10-8-16(9-11-17)19-7-3-4-13-21-19/h1-11,13,20,22H,12,14H2. The smallest absolute Gasteiger partial charge is 0.0701 e. The molecule has 1 unspecified atom stereocenters. The van der Waals surface area contributed by atoms with Crippen molar-refractivity contribution in [1.82, 2.24) is 10.3 Å². The Labute approximate surface area is 130 Å². The van der Waals surface area contributed by atoms with Gasteiger partial charge < -0.3 is 5.32 Å². The number of fused-ring (bicyclic) bond motifs is 1. The largest absolute Gasteiger partial charge is 0.306 e. The summed E-state index contributed by atoms with van der Waals surface area (Å²) in [5.74, 6) is 0. The molecule has 22 heavy (non-hydrogen) atoms. The molecule has 108 valence electrons. The average molecular weight is 286 g/mol. The van der Waals surface area contributed by atoms with Crippen molar-refractivity contribution < 1.29 is 0 Å². The summed E-state index contributed by atoms with van der Waals surface area (Å²) in [5.41, 5.74) is 6.35. The van der Waals surface area contributed by atoms with E-state index in [9.17, 15) is 0 Å². The van der Waals surface area contributed by atoms with E-state index in [0.717, 1.165) is 24.2 Å². The van der Waals surface area contributed by atoms with Crippen LogP contribution in [0.4, 0.5) is 0 Å². The van der Waals surface area contributed by atoms with Crippen LogP contribution in [0.25, 0.3) is 11.3 Å². The number of pyridine rings is 1. The molecule has 1 aliphatic rings. The van der Waals surface area contributed by atoms with Gasteiger partial charge in [0.1, 0.15) is 0 Å². The molecule has 0 radical (unpaired) electrons. The molecule has 0 amide bonds. The molecule has 0 spiro atoms. The minimum atomic E-state index is 0.294. The summed E-state index contributed by atoms with van der Waals surface area (Å²) in [7, 11) is 0. The van der Waals surface area contributed by atoms with Gasteiger partial charge >= 0.3 is 0 Å². The van der Waals surface area contributed by atoms with Crippen molar-refractivity contribution in [3.8, 4) is 11.3 Å². The van der Waals surface area contributed by atoms with E-state index < -0.39 is 0 Å². The first-order chi connectivity index (χ1) is 10.9. The van der Waals surface area contributed by atoms with Gasteiger partial charge in [-0.05, 0) is 35.2 Å². The molecule has 3 aromatic rings. The summed E-state index contributed by atoms with van der Waals surface area (Å²) in [6.07, 6.45) is 2.95. The molecular formula is C20H18N2. The molecule has 2 heteroatoms. The van der Waals surface area contributed by atoms with Gasteiger partial charge in [0, 0.05) is 18.3 Å². The quantitative estimate of drug-likeness (QED) is 0.770. The van der Waals surface area contributed by atoms with E-state index in [1.807, 2.05) is 24.4 Å². The number of hydrogen-bond donors (Lipinski definition) is 1. The highest BCUT2D eigenvalue weighted by atomic mass is 14.9. The second-order valence-corrected chi connectivity index (χ2v) is 5.67. The number of rotatable bonds is 2. The number of hydrogen-bond acceptors (Lipinski definition) is 2. The minimum absolute atomic E-state index is 0.294. The van der Waals surface area contributed by atoms with Gasteiger partial charge in [-0.25, -0.2) is 0 Å². The van der Waals surface area contributed by atoms with Gasteiger partial charge in [0.15, 0.2) is 0 Å². The van der Waals surface area contributed by atoms with Gasteiger partial charge in [-0.1, -0.05) is 54.6 Å². The lowest BCUT2D eigenvalue weighted by molar-refractivity contribution is 0.568. The van der Waals surface area contributed by atoms with Crippen LogP contribution in [0.2, 0.25) is 0 Å². The molecule has 0 saturated heterocycles. The van der Waals surface area contributed by atoms with Crippen molar-refractivity contribution in [1.29, 1.82) is 0 Å². The molecule has 0 fully saturated rings. The van der Waals surface area contributed by atoms with Crippen LogP contribution < -0.4 is 5.32 Å². The maximum atomic E-state index is 4.41. The molecular weight excluding hydrogens is 268 g/mol. The third-order valence-electron chi connectivity index (χ3n) is 4.31. The Morgan fingerprint density at radius 1 is 0.864 bits per heavy atom. The molecule has 2 nitrogen and oxygen atoms in total. The zero-order valence-electron chi connectivity index (χ0n) is 12.4. The average Bonchev–Trinajstić information content (AvgIpc) is 2.62. The Hall–Kier alpha value is -2.45. The Morgan fingerprint density at radius 3 is 2.50 bits per heavy atom. The van der Waals surface area contributed by atoms with E-state index in [-0.39, 0.29) is 0 Å². The topological polar surface area (TPSA) is 24.9 Å². The van der Waals surface area contributed by atoms with Crippen LogP contribution in [0.5, 0.6) is 0 Å². The molecule has 4 rings (SSSR count). The number of aromatic nitrogens is 1. The van der Waals surface area contributed by atoms with Crippen LogP contribution in [0.1, 0.15) is 22.7 Å². The van der Waals surface area contributed by atoms with Gasteiger partial charge in [0.25, 0.3) is 0 Å². The summed E-state index contributed by atoms with van der Waals surface area (Å²) in [5, 5.41) is 3.64. The van der Waals surface area contributed by atoms with Crippen molar-refractivity contribution in [3.63, 3.8) is 0 Å². The second kappa shape index (κ2) is 5.74. The highest BCUT2D eigenvalue weighted by Gasteiger charge is 2.20. The fourth-order valence-electron chi connectivity index (χ4n) is 3.18. The van der Waals surface area contributed by atoms with Crippen molar-refractivity contribution in [2.75, 3.05) is 6.54 Å². The van der Waals surface area contributed by atoms with E-state index in [0.29, 0.717) is 6.04 Å². The molecule has 1 N–H and O–H groups in total. The van der Waals surface area contributed by atoms with Crippen LogP contribution in [-0.4, -0.2) is 11.5 Å². The van der Waals surface area contributed by atoms with Crippen LogP contribution in [0, 0.1) is 0 Å². The predicted octanol–water partition coefficient (Wildman–Crippen LogP) is 3.98. The van der Waals surface area contributed by atoms with Gasteiger partial charge in [0.2, 0.25) is 0 Å². The summed E-state index contributed by atoms with van der Waals surface area (Å²) in [6, 6.07) is 23.8. The van der Waals surface area contributed by atoms with Crippen molar-refractivity contribution in [2.45, 2.75) is 12.5 Å². The monoisotopic (exact) mass is 286 g/mol. The Morgan fingerprint density at radius 2 is 1.68 bits per heavy atom. The minimum Gasteiger partial charge on any atom is -0.306 e. The molecule has 0 saturated carbocycles. The van der Waals surface area contributed by atoms with Gasteiger partial charge in [-0.2, -0.15) is 0 Å². The summed E-state index contributed by atoms with van der Waals surface area (Å²) >= 11 is 0. The maximum absolute atomic E-state index is 4.41. The van der Waals surface area contributed by atoms with E-state index in [2.05, 4.69) is 58.8 Å². The Balaban J connectivity index is 1.67. The zero-order valence-corrected chi connectivity index (χ0v) is 12.4. The molecule has 1 aliphatic heterocycles. The predicted molar refractivity (Wildman–Crippen MR) is 89.7 cm³/mol. The third-order valence-corrected chi connectivity index (χ3v) is 4.31. The lowest BCUT2D eigenvalue weighted by atomic mass is 9.89. The molecule has 0 bridgehead atoms. The van der Waals surface area contributed by atoms with Gasteiger partial charge in [-0.3, -0.25) is 4.98 Å². The van der Waals surface area contributed by atoms with E-state index in [1.165, 1.54) is 16.7 Å². The zero-order chi connectivity index (χ0) is 14.8. The van der Waals surface area contributed by atoms with Gasteiger partial charge in [0.05, 0.1) is 11.7 Å². The summed E-state index contributed by atoms with van der Waals surface area (Å²) in [4.78, 5) is 4.41. The van der Waals surface area contributed by atoms with Crippen LogP contribution in [0.3, 0.4) is 0 Å². The summed E-state index contributed by atoms with van der Waals surface area (Å²) in [6.45, 7) is 1.03. The third kappa shape index (κ3) is 2.42. The van der Waals surface area contributed by atoms with Crippen LogP contribution in [0.15, 0.2) is 72.9 Å². The molecule has 1 aromatic heterocycles. The fourth-order valence-corrected chi connectivity index (χ4v) is 3.18. The summed E-state index contributed by atoms with van der Waals surface area (Å²) < 4.78 is 0. The Bertz CT molecular complexity index is 763. The molecule has 2 heterocycles. The first-order valence-electron chi connectivity index (χ1n) is 7.74. The lowest BCUT2D eigenvalue weighted by Crippen LogP contribution is -2.30. The number of nitrogens with zero attached hydrogens (tertiary/aromatic N) is 1. The lowest BCUT2D eigenvalue weighted by Gasteiger charge is -2.27.